The van der Waals surface area contributed by atoms with Crippen molar-refractivity contribution in [3.05, 3.63) is 90.1 Å². The number of alkyl halides is 3. The molecule has 5 rings (SSSR count). The molecule has 0 unspecified atom stereocenters. The first kappa shape index (κ1) is 32.1. The molecule has 13 heteroatoms. The zero-order valence-electron chi connectivity index (χ0n) is 25.0. The second kappa shape index (κ2) is 14.2. The number of morpholine rings is 1. The number of methoxy groups -OCH3 is 2. The van der Waals surface area contributed by atoms with E-state index < -0.39 is 30.2 Å². The highest BCUT2D eigenvalue weighted by Gasteiger charge is 2.32. The van der Waals surface area contributed by atoms with Crippen molar-refractivity contribution in [1.82, 2.24) is 9.78 Å². The summed E-state index contributed by atoms with van der Waals surface area (Å²) in [5.74, 6) is -0.598. The monoisotopic (exact) mass is 636 g/mol. The predicted octanol–water partition coefficient (Wildman–Crippen LogP) is 5.61. The van der Waals surface area contributed by atoms with Crippen LogP contribution in [0.25, 0.3) is 23.0 Å². The van der Waals surface area contributed by atoms with Gasteiger partial charge in [-0.15, -0.1) is 0 Å². The number of nitrogens with one attached hydrogen (secondary N) is 1. The molecule has 0 spiro atoms. The minimum Gasteiger partial charge on any atom is -0.493 e. The number of carbonyl (C=O) groups is 2. The van der Waals surface area contributed by atoms with E-state index >= 15 is 0 Å². The van der Waals surface area contributed by atoms with Crippen molar-refractivity contribution < 1.29 is 41.7 Å². The van der Waals surface area contributed by atoms with Gasteiger partial charge in [0.25, 0.3) is 5.91 Å². The van der Waals surface area contributed by atoms with Gasteiger partial charge in [0.05, 0.1) is 50.1 Å². The lowest BCUT2D eigenvalue weighted by molar-refractivity contribution is -0.142. The molecule has 1 N–H and O–H groups in total. The van der Waals surface area contributed by atoms with Crippen molar-refractivity contribution >= 4 is 29.3 Å². The molecule has 1 amide bonds. The molecule has 1 saturated heterocycles. The Hall–Kier alpha value is -5.30. The van der Waals surface area contributed by atoms with Gasteiger partial charge >= 0.3 is 12.1 Å². The predicted molar refractivity (Wildman–Crippen MR) is 165 cm³/mol. The summed E-state index contributed by atoms with van der Waals surface area (Å²) in [4.78, 5) is 27.2. The second-order valence-corrected chi connectivity index (χ2v) is 10.1. The first-order valence-electron chi connectivity index (χ1n) is 14.2. The Morgan fingerprint density at radius 3 is 2.41 bits per heavy atom. The molecule has 3 aromatic carbocycles. The number of hydrogen-bond donors (Lipinski definition) is 1. The van der Waals surface area contributed by atoms with Gasteiger partial charge in [0.1, 0.15) is 5.69 Å². The van der Waals surface area contributed by atoms with Crippen LogP contribution < -0.4 is 19.7 Å². The molecule has 1 fully saturated rings. The second-order valence-electron chi connectivity index (χ2n) is 10.1. The quantitative estimate of drug-likeness (QED) is 0.177. The number of esters is 1. The van der Waals surface area contributed by atoms with Gasteiger partial charge in [0.2, 0.25) is 0 Å². The van der Waals surface area contributed by atoms with E-state index in [1.165, 1.54) is 26.4 Å². The van der Waals surface area contributed by atoms with Crippen molar-refractivity contribution in [3.8, 4) is 28.4 Å². The average Bonchev–Trinajstić information content (AvgIpc) is 3.51. The van der Waals surface area contributed by atoms with Gasteiger partial charge in [-0.2, -0.15) is 18.3 Å². The van der Waals surface area contributed by atoms with Gasteiger partial charge in [0.15, 0.2) is 18.1 Å². The number of halogens is 3. The lowest BCUT2D eigenvalue weighted by Gasteiger charge is -2.31. The van der Waals surface area contributed by atoms with Crippen LogP contribution in [0.4, 0.5) is 24.5 Å². The number of ether oxygens (including phenoxy) is 4. The van der Waals surface area contributed by atoms with E-state index in [1.807, 2.05) is 35.2 Å². The van der Waals surface area contributed by atoms with Crippen molar-refractivity contribution in [2.24, 2.45) is 0 Å². The van der Waals surface area contributed by atoms with E-state index in [4.69, 9.17) is 24.0 Å². The maximum absolute atomic E-state index is 13.4. The van der Waals surface area contributed by atoms with Gasteiger partial charge in [-0.3, -0.25) is 4.79 Å². The molecule has 4 aromatic rings. The zero-order chi connectivity index (χ0) is 32.7. The average molecular weight is 637 g/mol. The van der Waals surface area contributed by atoms with Crippen molar-refractivity contribution in [1.29, 1.82) is 0 Å². The number of para-hydroxylation sites is 1. The highest BCUT2D eigenvalue weighted by Crippen LogP contribution is 2.36. The summed E-state index contributed by atoms with van der Waals surface area (Å²) in [6.07, 6.45) is -0.224. The Morgan fingerprint density at radius 2 is 1.72 bits per heavy atom. The highest BCUT2D eigenvalue weighted by molar-refractivity contribution is 5.97. The van der Waals surface area contributed by atoms with Gasteiger partial charge < -0.3 is 29.2 Å². The Bertz CT molecular complexity index is 1720. The summed E-state index contributed by atoms with van der Waals surface area (Å²) < 4.78 is 63.2. The third-order valence-corrected chi connectivity index (χ3v) is 7.11. The number of nitrogens with zero attached hydrogens (tertiary/aromatic N) is 3. The fourth-order valence-electron chi connectivity index (χ4n) is 4.85. The fraction of sp³-hybridized carbons (Fsp3) is 0.242. The normalized spacial score (nSPS) is 13.5. The van der Waals surface area contributed by atoms with Crippen molar-refractivity contribution in [2.45, 2.75) is 6.18 Å². The van der Waals surface area contributed by atoms with E-state index in [9.17, 15) is 22.8 Å². The largest absolute Gasteiger partial charge is 0.493 e. The molecule has 46 heavy (non-hydrogen) atoms. The molecule has 1 aliphatic rings. The Morgan fingerprint density at radius 1 is 0.978 bits per heavy atom. The van der Waals surface area contributed by atoms with Crippen LogP contribution in [0.3, 0.4) is 0 Å². The lowest BCUT2D eigenvalue weighted by atomic mass is 10.1. The molecule has 1 aliphatic heterocycles. The molecular formula is C33H31F3N4O6. The maximum Gasteiger partial charge on any atom is 0.416 e. The number of aromatic nitrogens is 2. The van der Waals surface area contributed by atoms with Gasteiger partial charge in [-0.1, -0.05) is 18.2 Å². The number of amides is 1. The molecule has 1 aromatic heterocycles. The van der Waals surface area contributed by atoms with E-state index in [0.29, 0.717) is 60.3 Å². The number of benzene rings is 3. The van der Waals surface area contributed by atoms with Gasteiger partial charge in [0, 0.05) is 36.5 Å². The Labute approximate surface area is 262 Å². The molecule has 10 nitrogen and oxygen atoms in total. The van der Waals surface area contributed by atoms with E-state index in [2.05, 4.69) is 5.32 Å². The van der Waals surface area contributed by atoms with E-state index in [0.717, 1.165) is 23.9 Å². The molecule has 0 radical (unpaired) electrons. The summed E-state index contributed by atoms with van der Waals surface area (Å²) in [6, 6.07) is 17.8. The third-order valence-electron chi connectivity index (χ3n) is 7.11. The van der Waals surface area contributed by atoms with E-state index in [-0.39, 0.29) is 5.69 Å². The molecule has 2 heterocycles. The Balaban J connectivity index is 1.32. The molecule has 0 aliphatic carbocycles. The van der Waals surface area contributed by atoms with Gasteiger partial charge in [-0.25, -0.2) is 9.48 Å². The highest BCUT2D eigenvalue weighted by atomic mass is 19.4. The zero-order valence-corrected chi connectivity index (χ0v) is 25.0. The van der Waals surface area contributed by atoms with Crippen molar-refractivity contribution in [3.63, 3.8) is 0 Å². The maximum atomic E-state index is 13.4. The first-order chi connectivity index (χ1) is 22.2. The number of carbonyl (C=O) groups excluding carboxylic acids is 2. The van der Waals surface area contributed by atoms with Crippen LogP contribution in [-0.2, 0) is 25.2 Å². The lowest BCUT2D eigenvalue weighted by Crippen LogP contribution is -2.37. The summed E-state index contributed by atoms with van der Waals surface area (Å²) in [5.41, 5.74) is 2.03. The minimum atomic E-state index is -4.61. The van der Waals surface area contributed by atoms with E-state index in [1.54, 1.807) is 29.1 Å². The van der Waals surface area contributed by atoms with Crippen LogP contribution in [0.15, 0.2) is 79.0 Å². The number of anilines is 2. The van der Waals surface area contributed by atoms with Crippen LogP contribution in [0.2, 0.25) is 0 Å². The van der Waals surface area contributed by atoms with Crippen LogP contribution in [0.5, 0.6) is 11.5 Å². The molecular weight excluding hydrogens is 605 g/mol. The SMILES string of the molecule is COc1ccc(-c2nn(-c3ccccc3)cc2/C=C/C(=O)OCC(=O)Nc2cc(C(F)(F)F)ccc2N2CCOCC2)cc1OC. The molecule has 240 valence electrons. The topological polar surface area (TPSA) is 104 Å². The summed E-state index contributed by atoms with van der Waals surface area (Å²) in [7, 11) is 3.05. The van der Waals surface area contributed by atoms with Crippen LogP contribution in [0.1, 0.15) is 11.1 Å². The minimum absolute atomic E-state index is 0.0406. The molecule has 0 bridgehead atoms. The first-order valence-corrected chi connectivity index (χ1v) is 14.2. The van der Waals surface area contributed by atoms with Crippen LogP contribution in [-0.4, -0.2) is 68.8 Å². The summed E-state index contributed by atoms with van der Waals surface area (Å²) in [6.45, 7) is 0.973. The van der Waals surface area contributed by atoms with Gasteiger partial charge in [-0.05, 0) is 54.6 Å². The Kier molecular flexibility index (Phi) is 9.91. The third kappa shape index (κ3) is 7.67. The van der Waals surface area contributed by atoms with Crippen LogP contribution >= 0.6 is 0 Å². The number of hydrogen-bond acceptors (Lipinski definition) is 8. The van der Waals surface area contributed by atoms with Crippen LogP contribution in [0, 0.1) is 0 Å². The standard InChI is InChI=1S/C33H31F3N4O6/c1-43-28-12-8-22(18-29(28)44-2)32-23(20-40(38-32)25-6-4-3-5-7-25)9-13-31(42)46-21-30(41)37-26-19-24(33(34,35)36)10-11-27(26)39-14-16-45-17-15-39/h3-13,18-20H,14-17,21H2,1-2H3,(H,37,41)/b13-9+. The smallest absolute Gasteiger partial charge is 0.416 e. The fourth-order valence-corrected chi connectivity index (χ4v) is 4.85. The molecule has 0 atom stereocenters. The molecule has 0 saturated carbocycles. The summed E-state index contributed by atoms with van der Waals surface area (Å²) in [5, 5.41) is 7.18. The number of rotatable bonds is 10. The summed E-state index contributed by atoms with van der Waals surface area (Å²) >= 11 is 0. The van der Waals surface area contributed by atoms with Crippen molar-refractivity contribution in [2.75, 3.05) is 57.3 Å².